The van der Waals surface area contributed by atoms with Crippen molar-refractivity contribution >= 4 is 35.1 Å². The van der Waals surface area contributed by atoms with Crippen LogP contribution in [0.1, 0.15) is 11.3 Å². The van der Waals surface area contributed by atoms with Crippen molar-refractivity contribution < 1.29 is 0 Å². The molecule has 1 aromatic carbocycles. The van der Waals surface area contributed by atoms with Gasteiger partial charge < -0.3 is 5.32 Å². The molecule has 0 unspecified atom stereocenters. The first-order valence-corrected chi connectivity index (χ1v) is 7.40. The molecule has 2 rings (SSSR count). The van der Waals surface area contributed by atoms with Gasteiger partial charge in [-0.1, -0.05) is 35.9 Å². The summed E-state index contributed by atoms with van der Waals surface area (Å²) in [6, 6.07) is 9.68. The molecule has 0 saturated heterocycles. The van der Waals surface area contributed by atoms with Crippen LogP contribution in [0.3, 0.4) is 0 Å². The van der Waals surface area contributed by atoms with Gasteiger partial charge in [-0.05, 0) is 31.3 Å². The van der Waals surface area contributed by atoms with E-state index in [1.165, 1.54) is 0 Å². The van der Waals surface area contributed by atoms with Gasteiger partial charge in [0, 0.05) is 6.54 Å². The van der Waals surface area contributed by atoms with Crippen LogP contribution < -0.4 is 10.7 Å². The number of hydrogen-bond donors (Lipinski definition) is 2. The van der Waals surface area contributed by atoms with Crippen molar-refractivity contribution in [2.45, 2.75) is 6.92 Å². The molecule has 0 spiro atoms. The summed E-state index contributed by atoms with van der Waals surface area (Å²) in [6.45, 7) is 6.05. The standard InChI is InChI=1S/C15H16ClN5S/c1-3-9-17-15(22)19-18-10-13-11(2)20-21(14(13)16)12-7-5-4-6-8-12/h3-8,10H,1,9H2,2H3,(H2,17,19,22)/b18-10+. The number of thiocarbonyl (C=S) groups is 1. The Hall–Kier alpha value is -2.18. The molecule has 0 aliphatic carbocycles. The molecular formula is C15H16ClN5S. The lowest BCUT2D eigenvalue weighted by atomic mass is 10.3. The summed E-state index contributed by atoms with van der Waals surface area (Å²) in [5.41, 5.74) is 5.13. The van der Waals surface area contributed by atoms with Gasteiger partial charge in [0.2, 0.25) is 0 Å². The van der Waals surface area contributed by atoms with Crippen LogP contribution >= 0.6 is 23.8 Å². The number of halogens is 1. The van der Waals surface area contributed by atoms with Crippen LogP contribution in [-0.4, -0.2) is 27.7 Å². The molecule has 0 atom stereocenters. The van der Waals surface area contributed by atoms with E-state index in [1.54, 1.807) is 17.0 Å². The van der Waals surface area contributed by atoms with E-state index < -0.39 is 0 Å². The second-order valence-corrected chi connectivity index (χ2v) is 5.17. The van der Waals surface area contributed by atoms with Crippen molar-refractivity contribution in [3.8, 4) is 5.69 Å². The molecule has 7 heteroatoms. The quantitative estimate of drug-likeness (QED) is 0.382. The van der Waals surface area contributed by atoms with E-state index >= 15 is 0 Å². The highest BCUT2D eigenvalue weighted by Crippen LogP contribution is 2.21. The molecule has 114 valence electrons. The summed E-state index contributed by atoms with van der Waals surface area (Å²) in [7, 11) is 0. The Kier molecular flexibility index (Phi) is 5.68. The topological polar surface area (TPSA) is 54.2 Å². The maximum Gasteiger partial charge on any atom is 0.187 e. The van der Waals surface area contributed by atoms with Crippen molar-refractivity contribution in [1.29, 1.82) is 0 Å². The predicted molar refractivity (Wildman–Crippen MR) is 94.8 cm³/mol. The van der Waals surface area contributed by atoms with Gasteiger partial charge in [-0.25, -0.2) is 4.68 Å². The highest BCUT2D eigenvalue weighted by Gasteiger charge is 2.12. The largest absolute Gasteiger partial charge is 0.358 e. The van der Waals surface area contributed by atoms with Crippen LogP contribution in [0, 0.1) is 6.92 Å². The molecule has 0 aliphatic heterocycles. The van der Waals surface area contributed by atoms with Gasteiger partial charge in [-0.15, -0.1) is 6.58 Å². The lowest BCUT2D eigenvalue weighted by molar-refractivity contribution is 0.863. The lowest BCUT2D eigenvalue weighted by Gasteiger charge is -2.03. The number of hydrogen-bond acceptors (Lipinski definition) is 3. The first kappa shape index (κ1) is 16.2. The fourth-order valence-corrected chi connectivity index (χ4v) is 2.21. The molecule has 1 heterocycles. The maximum atomic E-state index is 6.38. The van der Waals surface area contributed by atoms with E-state index in [4.69, 9.17) is 23.8 Å². The molecule has 1 aromatic heterocycles. The molecule has 2 N–H and O–H groups in total. The third kappa shape index (κ3) is 3.93. The molecule has 0 amide bonds. The molecule has 0 radical (unpaired) electrons. The number of aryl methyl sites for hydroxylation is 1. The Balaban J connectivity index is 2.14. The minimum Gasteiger partial charge on any atom is -0.358 e. The van der Waals surface area contributed by atoms with Gasteiger partial charge in [-0.2, -0.15) is 10.2 Å². The Morgan fingerprint density at radius 1 is 1.45 bits per heavy atom. The summed E-state index contributed by atoms with van der Waals surface area (Å²) in [5.74, 6) is 0. The van der Waals surface area contributed by atoms with Crippen LogP contribution in [0.25, 0.3) is 5.69 Å². The highest BCUT2D eigenvalue weighted by molar-refractivity contribution is 7.80. The van der Waals surface area contributed by atoms with Gasteiger partial charge in [0.05, 0.1) is 23.2 Å². The first-order chi connectivity index (χ1) is 10.6. The van der Waals surface area contributed by atoms with E-state index in [0.717, 1.165) is 16.9 Å². The zero-order chi connectivity index (χ0) is 15.9. The second-order valence-electron chi connectivity index (χ2n) is 4.41. The average molecular weight is 334 g/mol. The van der Waals surface area contributed by atoms with Crippen molar-refractivity contribution in [2.24, 2.45) is 5.10 Å². The monoisotopic (exact) mass is 333 g/mol. The normalized spacial score (nSPS) is 10.6. The van der Waals surface area contributed by atoms with Crippen molar-refractivity contribution in [3.63, 3.8) is 0 Å². The van der Waals surface area contributed by atoms with Crippen LogP contribution in [0.15, 0.2) is 48.1 Å². The van der Waals surface area contributed by atoms with E-state index in [2.05, 4.69) is 27.5 Å². The molecule has 0 fully saturated rings. The van der Waals surface area contributed by atoms with Crippen LogP contribution in [-0.2, 0) is 0 Å². The van der Waals surface area contributed by atoms with Crippen molar-refractivity contribution in [2.75, 3.05) is 6.54 Å². The number of nitrogens with one attached hydrogen (secondary N) is 2. The third-order valence-electron chi connectivity index (χ3n) is 2.82. The molecular weight excluding hydrogens is 318 g/mol. The maximum absolute atomic E-state index is 6.38. The Bertz CT molecular complexity index is 693. The van der Waals surface area contributed by atoms with E-state index in [-0.39, 0.29) is 0 Å². The molecule has 22 heavy (non-hydrogen) atoms. The van der Waals surface area contributed by atoms with Gasteiger partial charge in [0.1, 0.15) is 5.15 Å². The number of hydrazone groups is 1. The number of para-hydroxylation sites is 1. The summed E-state index contributed by atoms with van der Waals surface area (Å²) in [5, 5.41) is 12.3. The van der Waals surface area contributed by atoms with E-state index in [1.807, 2.05) is 37.3 Å². The van der Waals surface area contributed by atoms with Gasteiger partial charge in [0.15, 0.2) is 5.11 Å². The molecule has 2 aromatic rings. The summed E-state index contributed by atoms with van der Waals surface area (Å²) < 4.78 is 1.67. The minimum atomic E-state index is 0.417. The second kappa shape index (κ2) is 7.72. The summed E-state index contributed by atoms with van der Waals surface area (Å²) in [6.07, 6.45) is 3.31. The van der Waals surface area contributed by atoms with E-state index in [9.17, 15) is 0 Å². The highest BCUT2D eigenvalue weighted by atomic mass is 35.5. The van der Waals surface area contributed by atoms with Gasteiger partial charge in [0.25, 0.3) is 0 Å². The molecule has 0 bridgehead atoms. The SMILES string of the molecule is C=CCNC(=S)N/N=C/c1c(C)nn(-c2ccccc2)c1Cl. The van der Waals surface area contributed by atoms with Crippen LogP contribution in [0.4, 0.5) is 0 Å². The van der Waals surface area contributed by atoms with Gasteiger partial charge in [-0.3, -0.25) is 5.43 Å². The first-order valence-electron chi connectivity index (χ1n) is 6.62. The Morgan fingerprint density at radius 3 is 2.86 bits per heavy atom. The van der Waals surface area contributed by atoms with Gasteiger partial charge >= 0.3 is 0 Å². The molecule has 0 saturated carbocycles. The van der Waals surface area contributed by atoms with Crippen LogP contribution in [0.5, 0.6) is 0 Å². The smallest absolute Gasteiger partial charge is 0.187 e. The predicted octanol–water partition coefficient (Wildman–Crippen LogP) is 2.82. The molecule has 0 aliphatic rings. The number of rotatable bonds is 5. The van der Waals surface area contributed by atoms with Crippen molar-refractivity contribution in [1.82, 2.24) is 20.5 Å². The average Bonchev–Trinajstić information content (AvgIpc) is 2.81. The number of benzene rings is 1. The third-order valence-corrected chi connectivity index (χ3v) is 3.41. The summed E-state index contributed by atoms with van der Waals surface area (Å²) >= 11 is 11.4. The Labute approximate surface area is 139 Å². The van der Waals surface area contributed by atoms with Crippen molar-refractivity contribution in [3.05, 3.63) is 59.4 Å². The number of nitrogens with zero attached hydrogens (tertiary/aromatic N) is 3. The fraction of sp³-hybridized carbons (Fsp3) is 0.133. The fourth-order valence-electron chi connectivity index (χ4n) is 1.76. The number of aromatic nitrogens is 2. The van der Waals surface area contributed by atoms with Crippen LogP contribution in [0.2, 0.25) is 5.15 Å². The van der Waals surface area contributed by atoms with E-state index in [0.29, 0.717) is 16.8 Å². The molecule has 5 nitrogen and oxygen atoms in total. The summed E-state index contributed by atoms with van der Waals surface area (Å²) in [4.78, 5) is 0. The zero-order valence-electron chi connectivity index (χ0n) is 12.1. The Morgan fingerprint density at radius 2 is 2.18 bits per heavy atom. The minimum absolute atomic E-state index is 0.417. The lowest BCUT2D eigenvalue weighted by Crippen LogP contribution is -2.31. The zero-order valence-corrected chi connectivity index (χ0v) is 13.7.